The van der Waals surface area contributed by atoms with E-state index in [0.29, 0.717) is 0 Å². The molecule has 0 amide bonds. The molecule has 2 rings (SSSR count). The first-order chi connectivity index (χ1) is 8.04. The minimum absolute atomic E-state index is 0.178. The molecule has 94 valence electrons. The summed E-state index contributed by atoms with van der Waals surface area (Å²) in [5, 5.41) is 0. The van der Waals surface area contributed by atoms with Crippen LogP contribution in [-0.2, 0) is 18.3 Å². The molecule has 1 nitrogen and oxygen atoms in total. The molecule has 1 aliphatic heterocycles. The predicted molar refractivity (Wildman–Crippen MR) is 73.0 cm³/mol. The van der Waals surface area contributed by atoms with Crippen molar-refractivity contribution in [2.75, 3.05) is 6.61 Å². The number of hydrogen-bond donors (Lipinski definition) is 0. The molecule has 0 spiro atoms. The second-order valence-corrected chi connectivity index (χ2v) is 6.03. The van der Waals surface area contributed by atoms with E-state index < -0.39 is 0 Å². The van der Waals surface area contributed by atoms with Gasteiger partial charge >= 0.3 is 0 Å². The van der Waals surface area contributed by atoms with E-state index >= 15 is 0 Å². The Morgan fingerprint density at radius 2 is 2.00 bits per heavy atom. The first-order valence-corrected chi connectivity index (χ1v) is 6.82. The summed E-state index contributed by atoms with van der Waals surface area (Å²) in [5.74, 6) is 1.19. The summed E-state index contributed by atoms with van der Waals surface area (Å²) in [4.78, 5) is 0. The fourth-order valence-electron chi connectivity index (χ4n) is 2.55. The van der Waals surface area contributed by atoms with Crippen molar-refractivity contribution >= 4 is 0 Å². The van der Waals surface area contributed by atoms with Crippen LogP contribution in [0.15, 0.2) is 12.1 Å². The number of rotatable bonds is 3. The molecule has 1 aromatic rings. The molecule has 0 bridgehead atoms. The molecular formula is C16H24O. The van der Waals surface area contributed by atoms with Crippen molar-refractivity contribution in [1.29, 1.82) is 0 Å². The predicted octanol–water partition coefficient (Wildman–Crippen LogP) is 4.26. The molecule has 0 radical (unpaired) electrons. The molecule has 0 aliphatic carbocycles. The molecule has 1 aromatic carbocycles. The normalized spacial score (nSPS) is 14.6. The van der Waals surface area contributed by atoms with Gasteiger partial charge in [-0.25, -0.2) is 0 Å². The number of aryl methyl sites for hydroxylation is 1. The van der Waals surface area contributed by atoms with E-state index in [-0.39, 0.29) is 5.41 Å². The fraction of sp³-hybridized carbons (Fsp3) is 0.625. The zero-order valence-corrected chi connectivity index (χ0v) is 11.6. The van der Waals surface area contributed by atoms with Gasteiger partial charge in [-0.05, 0) is 29.4 Å². The van der Waals surface area contributed by atoms with Crippen LogP contribution < -0.4 is 4.74 Å². The van der Waals surface area contributed by atoms with E-state index in [1.807, 2.05) is 0 Å². The molecule has 0 fully saturated rings. The van der Waals surface area contributed by atoms with Crippen LogP contribution in [0.25, 0.3) is 0 Å². The first-order valence-electron chi connectivity index (χ1n) is 6.82. The summed E-state index contributed by atoms with van der Waals surface area (Å²) in [6, 6.07) is 4.60. The van der Waals surface area contributed by atoms with Crippen LogP contribution in [0.4, 0.5) is 0 Å². The third-order valence-corrected chi connectivity index (χ3v) is 3.56. The Kier molecular flexibility index (Phi) is 3.46. The standard InChI is InChI=1S/C16H24O/c1-5-6-7-12-8-9-14(16(2,3)4)15-13(12)10-11-17-15/h8-9H,5-7,10-11H2,1-4H3. The Balaban J connectivity index is 2.39. The third-order valence-electron chi connectivity index (χ3n) is 3.56. The van der Waals surface area contributed by atoms with Crippen LogP contribution in [0.5, 0.6) is 5.75 Å². The van der Waals surface area contributed by atoms with Gasteiger partial charge in [0, 0.05) is 12.0 Å². The van der Waals surface area contributed by atoms with Crippen molar-refractivity contribution in [3.63, 3.8) is 0 Å². The summed E-state index contributed by atoms with van der Waals surface area (Å²) in [6.45, 7) is 9.89. The highest BCUT2D eigenvalue weighted by Gasteiger charge is 2.26. The van der Waals surface area contributed by atoms with Crippen LogP contribution in [-0.4, -0.2) is 6.61 Å². The lowest BCUT2D eigenvalue weighted by molar-refractivity contribution is 0.347. The number of hydrogen-bond acceptors (Lipinski definition) is 1. The van der Waals surface area contributed by atoms with Crippen LogP contribution in [0.1, 0.15) is 57.2 Å². The van der Waals surface area contributed by atoms with E-state index in [1.54, 1.807) is 0 Å². The van der Waals surface area contributed by atoms with Gasteiger partial charge in [-0.2, -0.15) is 0 Å². The molecule has 0 unspecified atom stereocenters. The topological polar surface area (TPSA) is 9.23 Å². The number of unbranched alkanes of at least 4 members (excludes halogenated alkanes) is 1. The summed E-state index contributed by atoms with van der Waals surface area (Å²) < 4.78 is 5.88. The van der Waals surface area contributed by atoms with E-state index in [1.165, 1.54) is 41.7 Å². The monoisotopic (exact) mass is 232 g/mol. The van der Waals surface area contributed by atoms with Crippen molar-refractivity contribution in [2.24, 2.45) is 0 Å². The van der Waals surface area contributed by atoms with Gasteiger partial charge in [0.05, 0.1) is 6.61 Å². The van der Waals surface area contributed by atoms with Crippen molar-refractivity contribution in [3.05, 3.63) is 28.8 Å². The second kappa shape index (κ2) is 4.72. The lowest BCUT2D eigenvalue weighted by atomic mass is 9.83. The maximum absolute atomic E-state index is 5.88. The van der Waals surface area contributed by atoms with Gasteiger partial charge in [-0.1, -0.05) is 46.2 Å². The highest BCUT2D eigenvalue weighted by Crippen LogP contribution is 2.39. The number of benzene rings is 1. The second-order valence-electron chi connectivity index (χ2n) is 6.03. The Bertz CT molecular complexity index is 399. The lowest BCUT2D eigenvalue weighted by Gasteiger charge is -2.23. The van der Waals surface area contributed by atoms with Gasteiger partial charge < -0.3 is 4.74 Å². The van der Waals surface area contributed by atoms with Gasteiger partial charge in [-0.15, -0.1) is 0 Å². The molecule has 1 heterocycles. The molecule has 0 aromatic heterocycles. The van der Waals surface area contributed by atoms with Gasteiger partial charge in [0.1, 0.15) is 5.75 Å². The minimum Gasteiger partial charge on any atom is -0.493 e. The van der Waals surface area contributed by atoms with Crippen LogP contribution in [0, 0.1) is 0 Å². The van der Waals surface area contributed by atoms with Crippen molar-refractivity contribution in [3.8, 4) is 5.75 Å². The van der Waals surface area contributed by atoms with Crippen molar-refractivity contribution in [2.45, 2.75) is 58.8 Å². The first kappa shape index (κ1) is 12.5. The summed E-state index contributed by atoms with van der Waals surface area (Å²) >= 11 is 0. The fourth-order valence-corrected chi connectivity index (χ4v) is 2.55. The molecule has 0 saturated carbocycles. The Hall–Kier alpha value is -0.980. The van der Waals surface area contributed by atoms with Crippen LogP contribution >= 0.6 is 0 Å². The van der Waals surface area contributed by atoms with Crippen LogP contribution in [0.2, 0.25) is 0 Å². The number of fused-ring (bicyclic) bond motifs is 1. The molecular weight excluding hydrogens is 208 g/mol. The van der Waals surface area contributed by atoms with Gasteiger partial charge in [-0.3, -0.25) is 0 Å². The molecule has 1 heteroatoms. The highest BCUT2D eigenvalue weighted by atomic mass is 16.5. The summed E-state index contributed by atoms with van der Waals surface area (Å²) in [6.07, 6.45) is 4.84. The Morgan fingerprint density at radius 1 is 1.24 bits per heavy atom. The largest absolute Gasteiger partial charge is 0.493 e. The van der Waals surface area contributed by atoms with Crippen molar-refractivity contribution in [1.82, 2.24) is 0 Å². The smallest absolute Gasteiger partial charge is 0.126 e. The van der Waals surface area contributed by atoms with Crippen molar-refractivity contribution < 1.29 is 4.74 Å². The van der Waals surface area contributed by atoms with E-state index in [2.05, 4.69) is 39.8 Å². The maximum atomic E-state index is 5.88. The number of ether oxygens (including phenoxy) is 1. The van der Waals surface area contributed by atoms with Gasteiger partial charge in [0.15, 0.2) is 0 Å². The molecule has 0 N–H and O–H groups in total. The highest BCUT2D eigenvalue weighted by molar-refractivity contribution is 5.51. The molecule has 0 atom stereocenters. The van der Waals surface area contributed by atoms with E-state index in [9.17, 15) is 0 Å². The Morgan fingerprint density at radius 3 is 2.65 bits per heavy atom. The quantitative estimate of drug-likeness (QED) is 0.756. The van der Waals surface area contributed by atoms with E-state index in [0.717, 1.165) is 13.0 Å². The van der Waals surface area contributed by atoms with Gasteiger partial charge in [0.2, 0.25) is 0 Å². The maximum Gasteiger partial charge on any atom is 0.126 e. The summed E-state index contributed by atoms with van der Waals surface area (Å²) in [7, 11) is 0. The van der Waals surface area contributed by atoms with Gasteiger partial charge in [0.25, 0.3) is 0 Å². The van der Waals surface area contributed by atoms with Crippen LogP contribution in [0.3, 0.4) is 0 Å². The lowest BCUT2D eigenvalue weighted by Crippen LogP contribution is -2.13. The molecule has 0 saturated heterocycles. The molecule has 1 aliphatic rings. The summed E-state index contributed by atoms with van der Waals surface area (Å²) in [5.41, 5.74) is 4.53. The molecule has 17 heavy (non-hydrogen) atoms. The minimum atomic E-state index is 0.178. The SMILES string of the molecule is CCCCc1ccc(C(C)(C)C)c2c1CCO2. The zero-order chi connectivity index (χ0) is 12.5. The third kappa shape index (κ3) is 2.48. The average Bonchev–Trinajstić information content (AvgIpc) is 2.72. The van der Waals surface area contributed by atoms with E-state index in [4.69, 9.17) is 4.74 Å². The average molecular weight is 232 g/mol. The Labute approximate surface area is 105 Å². The zero-order valence-electron chi connectivity index (χ0n) is 11.6.